The molecule has 0 saturated heterocycles. The minimum Gasteiger partial charge on any atom is -0.486 e. The highest BCUT2D eigenvalue weighted by molar-refractivity contribution is 6.58. The predicted octanol–water partition coefficient (Wildman–Crippen LogP) is 0.851. The topological polar surface area (TPSA) is 49.7 Å². The number of halogens is 1. The van der Waals surface area contributed by atoms with Gasteiger partial charge in [0.1, 0.15) is 6.61 Å². The molecule has 0 radical (unpaired) electrons. The lowest BCUT2D eigenvalue weighted by atomic mass is 9.80. The molecule has 0 spiro atoms. The summed E-state index contributed by atoms with van der Waals surface area (Å²) in [5.74, 6) is -0.505. The molecular weight excluding hydrogens is 210 g/mol. The van der Waals surface area contributed by atoms with Gasteiger partial charge < -0.3 is 14.8 Å². The molecular formula is C11H14BFO3. The first-order valence-electron chi connectivity index (χ1n) is 4.92. The van der Waals surface area contributed by atoms with Gasteiger partial charge in [0.2, 0.25) is 0 Å². The van der Waals surface area contributed by atoms with Crippen LogP contribution in [0, 0.1) is 5.82 Å². The molecule has 5 heteroatoms. The highest BCUT2D eigenvalue weighted by Crippen LogP contribution is 2.14. The molecule has 0 fully saturated rings. The summed E-state index contributed by atoms with van der Waals surface area (Å²) in [6, 6.07) is 3.72. The first-order valence-corrected chi connectivity index (χ1v) is 4.92. The summed E-state index contributed by atoms with van der Waals surface area (Å²) in [5.41, 5.74) is 1.27. The molecule has 0 saturated carbocycles. The summed E-state index contributed by atoms with van der Waals surface area (Å²) in [5, 5.41) is 17.8. The van der Waals surface area contributed by atoms with Crippen LogP contribution in [0.5, 0.6) is 5.75 Å². The average Bonchev–Trinajstić information content (AvgIpc) is 2.20. The molecule has 0 heterocycles. The standard InChI is InChI=1S/C11H14BFO3/c1-8(2)5-6-16-11-7-9(12(14)15)3-4-10(11)13/h3-5,7,14-15H,6H2,1-2H3. The maximum atomic E-state index is 13.2. The van der Waals surface area contributed by atoms with Crippen LogP contribution in [0.1, 0.15) is 13.8 Å². The Morgan fingerprint density at radius 3 is 2.69 bits per heavy atom. The number of benzene rings is 1. The summed E-state index contributed by atoms with van der Waals surface area (Å²) >= 11 is 0. The number of hydrogen-bond donors (Lipinski definition) is 2. The molecule has 0 aromatic heterocycles. The van der Waals surface area contributed by atoms with Crippen LogP contribution < -0.4 is 10.2 Å². The van der Waals surface area contributed by atoms with Crippen molar-refractivity contribution in [3.63, 3.8) is 0 Å². The summed E-state index contributed by atoms with van der Waals surface area (Å²) in [6.07, 6.45) is 1.81. The zero-order valence-corrected chi connectivity index (χ0v) is 9.27. The van der Waals surface area contributed by atoms with E-state index in [1.165, 1.54) is 12.1 Å². The zero-order chi connectivity index (χ0) is 12.1. The van der Waals surface area contributed by atoms with Crippen molar-refractivity contribution in [1.29, 1.82) is 0 Å². The number of ether oxygens (including phenoxy) is 1. The van der Waals surface area contributed by atoms with Crippen molar-refractivity contribution < 1.29 is 19.2 Å². The Balaban J connectivity index is 2.78. The van der Waals surface area contributed by atoms with E-state index in [-0.39, 0.29) is 17.8 Å². The van der Waals surface area contributed by atoms with Gasteiger partial charge in [-0.15, -0.1) is 0 Å². The van der Waals surface area contributed by atoms with Crippen LogP contribution in [-0.4, -0.2) is 23.8 Å². The van der Waals surface area contributed by atoms with Crippen molar-refractivity contribution in [2.45, 2.75) is 13.8 Å². The lowest BCUT2D eigenvalue weighted by Crippen LogP contribution is -2.29. The molecule has 1 aromatic carbocycles. The van der Waals surface area contributed by atoms with E-state index in [0.717, 1.165) is 11.6 Å². The Morgan fingerprint density at radius 1 is 1.44 bits per heavy atom. The van der Waals surface area contributed by atoms with Gasteiger partial charge in [-0.3, -0.25) is 0 Å². The van der Waals surface area contributed by atoms with E-state index in [1.807, 2.05) is 19.9 Å². The molecule has 0 bridgehead atoms. The van der Waals surface area contributed by atoms with Crippen molar-refractivity contribution >= 4 is 12.6 Å². The van der Waals surface area contributed by atoms with Crippen molar-refractivity contribution in [2.75, 3.05) is 6.61 Å². The molecule has 0 amide bonds. The second-order valence-electron chi connectivity index (χ2n) is 3.66. The Bertz CT molecular complexity index is 387. The molecule has 0 aliphatic rings. The summed E-state index contributed by atoms with van der Waals surface area (Å²) in [6.45, 7) is 4.07. The van der Waals surface area contributed by atoms with E-state index in [4.69, 9.17) is 14.8 Å². The average molecular weight is 224 g/mol. The second kappa shape index (κ2) is 5.68. The van der Waals surface area contributed by atoms with Crippen LogP contribution in [0.25, 0.3) is 0 Å². The first kappa shape index (κ1) is 12.7. The Labute approximate surface area is 94.3 Å². The van der Waals surface area contributed by atoms with Gasteiger partial charge in [0, 0.05) is 0 Å². The molecule has 1 aromatic rings. The number of allylic oxidation sites excluding steroid dienone is 1. The van der Waals surface area contributed by atoms with Crippen LogP contribution in [0.15, 0.2) is 29.8 Å². The highest BCUT2D eigenvalue weighted by atomic mass is 19.1. The molecule has 0 unspecified atom stereocenters. The smallest absolute Gasteiger partial charge is 0.486 e. The molecule has 16 heavy (non-hydrogen) atoms. The maximum Gasteiger partial charge on any atom is 0.488 e. The molecule has 0 atom stereocenters. The SMILES string of the molecule is CC(C)=CCOc1cc(B(O)O)ccc1F. The van der Waals surface area contributed by atoms with Crippen molar-refractivity contribution in [3.05, 3.63) is 35.7 Å². The number of rotatable bonds is 4. The molecule has 86 valence electrons. The highest BCUT2D eigenvalue weighted by Gasteiger charge is 2.13. The maximum absolute atomic E-state index is 13.2. The monoisotopic (exact) mass is 224 g/mol. The quantitative estimate of drug-likeness (QED) is 0.588. The van der Waals surface area contributed by atoms with Crippen molar-refractivity contribution in [1.82, 2.24) is 0 Å². The Hall–Kier alpha value is -1.33. The minimum absolute atomic E-state index is 0.0168. The fourth-order valence-electron chi connectivity index (χ4n) is 1.09. The van der Waals surface area contributed by atoms with Crippen LogP contribution in [0.4, 0.5) is 4.39 Å². The molecule has 2 N–H and O–H groups in total. The normalized spacial score (nSPS) is 9.81. The fourth-order valence-corrected chi connectivity index (χ4v) is 1.09. The fraction of sp³-hybridized carbons (Fsp3) is 0.273. The minimum atomic E-state index is -1.62. The van der Waals surface area contributed by atoms with Gasteiger partial charge in [0.05, 0.1) is 0 Å². The molecule has 3 nitrogen and oxygen atoms in total. The van der Waals surface area contributed by atoms with Crippen LogP contribution in [0.3, 0.4) is 0 Å². The second-order valence-corrected chi connectivity index (χ2v) is 3.66. The van der Waals surface area contributed by atoms with Gasteiger partial charge in [0.15, 0.2) is 11.6 Å². The zero-order valence-electron chi connectivity index (χ0n) is 9.27. The first-order chi connectivity index (χ1) is 7.50. The van der Waals surface area contributed by atoms with E-state index in [2.05, 4.69) is 0 Å². The van der Waals surface area contributed by atoms with Crippen molar-refractivity contribution in [3.8, 4) is 5.75 Å². The van der Waals surface area contributed by atoms with Crippen LogP contribution in [0.2, 0.25) is 0 Å². The lowest BCUT2D eigenvalue weighted by molar-refractivity contribution is 0.341. The van der Waals surface area contributed by atoms with Crippen molar-refractivity contribution in [2.24, 2.45) is 0 Å². The largest absolute Gasteiger partial charge is 0.488 e. The predicted molar refractivity (Wildman–Crippen MR) is 61.2 cm³/mol. The third kappa shape index (κ3) is 3.68. The lowest BCUT2D eigenvalue weighted by Gasteiger charge is -2.07. The molecule has 1 rings (SSSR count). The van der Waals surface area contributed by atoms with E-state index in [0.29, 0.717) is 0 Å². The summed E-state index contributed by atoms with van der Waals surface area (Å²) in [4.78, 5) is 0. The van der Waals surface area contributed by atoms with Crippen LogP contribution >= 0.6 is 0 Å². The molecule has 0 aliphatic carbocycles. The van der Waals surface area contributed by atoms with Gasteiger partial charge >= 0.3 is 7.12 Å². The Morgan fingerprint density at radius 2 is 2.12 bits per heavy atom. The van der Waals surface area contributed by atoms with Gasteiger partial charge in [0.25, 0.3) is 0 Å². The number of hydrogen-bond acceptors (Lipinski definition) is 3. The third-order valence-corrected chi connectivity index (χ3v) is 1.98. The Kier molecular flexibility index (Phi) is 4.52. The third-order valence-electron chi connectivity index (χ3n) is 1.98. The van der Waals surface area contributed by atoms with E-state index >= 15 is 0 Å². The van der Waals surface area contributed by atoms with E-state index in [1.54, 1.807) is 0 Å². The van der Waals surface area contributed by atoms with E-state index < -0.39 is 12.9 Å². The summed E-state index contributed by atoms with van der Waals surface area (Å²) < 4.78 is 18.4. The van der Waals surface area contributed by atoms with Gasteiger partial charge in [-0.1, -0.05) is 11.6 Å². The van der Waals surface area contributed by atoms with Gasteiger partial charge in [-0.05, 0) is 37.5 Å². The van der Waals surface area contributed by atoms with E-state index in [9.17, 15) is 4.39 Å². The van der Waals surface area contributed by atoms with Gasteiger partial charge in [-0.2, -0.15) is 0 Å². The van der Waals surface area contributed by atoms with Crippen LogP contribution in [-0.2, 0) is 0 Å². The van der Waals surface area contributed by atoms with Gasteiger partial charge in [-0.25, -0.2) is 4.39 Å². The summed E-state index contributed by atoms with van der Waals surface area (Å²) in [7, 11) is -1.62. The molecule has 0 aliphatic heterocycles.